The fourth-order valence-corrected chi connectivity index (χ4v) is 4.01. The van der Waals surface area contributed by atoms with Gasteiger partial charge in [0.1, 0.15) is 0 Å². The van der Waals surface area contributed by atoms with E-state index in [1.807, 2.05) is 58.0 Å². The molecule has 43 heavy (non-hydrogen) atoms. The molecule has 0 spiro atoms. The number of rotatable bonds is 8. The Bertz CT molecular complexity index is 1340. The smallest absolute Gasteiger partial charge is 0.417 e. The fraction of sp³-hybridized carbons (Fsp3) is 0.273. The molecule has 0 heterocycles. The number of hydrogen-bond acceptors (Lipinski definition) is 4. The van der Waals surface area contributed by atoms with Crippen LogP contribution < -0.4 is 5.32 Å². The second-order valence-corrected chi connectivity index (χ2v) is 9.29. The van der Waals surface area contributed by atoms with Crippen molar-refractivity contribution in [2.24, 2.45) is 0 Å². The summed E-state index contributed by atoms with van der Waals surface area (Å²) in [6.07, 6.45) is -3.69. The number of hydrogen-bond donors (Lipinski definition) is 1. The Balaban J connectivity index is 0.000000830. The van der Waals surface area contributed by atoms with E-state index >= 15 is 0 Å². The molecule has 0 amide bonds. The Kier molecular flexibility index (Phi) is 19.0. The molecule has 3 aromatic rings. The largest absolute Gasteiger partial charge is 0.463 e. The molecular weight excluding hydrogens is 622 g/mol. The van der Waals surface area contributed by atoms with Crippen LogP contribution in [0.1, 0.15) is 56.1 Å². The summed E-state index contributed by atoms with van der Waals surface area (Å²) in [5.41, 5.74) is 0.636. The number of allylic oxidation sites excluding steroid dienone is 2. The van der Waals surface area contributed by atoms with Gasteiger partial charge in [0.05, 0.1) is 22.9 Å². The van der Waals surface area contributed by atoms with Crippen LogP contribution in [0.3, 0.4) is 0 Å². The molecule has 0 saturated carbocycles. The van der Waals surface area contributed by atoms with E-state index in [1.54, 1.807) is 14.0 Å². The highest BCUT2D eigenvalue weighted by atomic mass is 35.5. The van der Waals surface area contributed by atoms with Gasteiger partial charge in [-0.2, -0.15) is 13.2 Å². The molecule has 4 nitrogen and oxygen atoms in total. The first-order chi connectivity index (χ1) is 20.3. The molecule has 3 rings (SSSR count). The van der Waals surface area contributed by atoms with Crippen LogP contribution in [0.2, 0.25) is 15.1 Å². The normalized spacial score (nSPS) is 10.5. The molecule has 10 heteroatoms. The first-order valence-corrected chi connectivity index (χ1v) is 14.6. The van der Waals surface area contributed by atoms with Crippen molar-refractivity contribution in [3.63, 3.8) is 0 Å². The molecule has 0 fully saturated rings. The summed E-state index contributed by atoms with van der Waals surface area (Å²) in [5.74, 6) is -1.13. The fourth-order valence-electron chi connectivity index (χ4n) is 3.27. The molecule has 0 saturated heterocycles. The summed E-state index contributed by atoms with van der Waals surface area (Å²) in [6, 6.07) is 17.4. The number of ether oxygens (including phenoxy) is 1. The molecule has 0 bridgehead atoms. The second-order valence-electron chi connectivity index (χ2n) is 8.01. The number of esters is 1. The highest BCUT2D eigenvalue weighted by Crippen LogP contribution is 2.36. The lowest BCUT2D eigenvalue weighted by Crippen LogP contribution is -2.13. The maximum absolute atomic E-state index is 13.4. The standard InChI is InChI=1S/C17H11Cl3F3NO.C12H14O2.2C2H6/c1-24-15-6-9(2-3-14(15)20)16(25)8-13(17(21,22)23)10-4-11(18)7-12(19)5-10;1-3-14-12(13)10(2)9-11-7-5-4-6-8-11;2*1-2/h2-8,24H,1H3;4-8H,2-3,9H2,1H3;2*1-2H3/b13-8-;;;. The SMILES string of the molecule is C=C(Cc1ccccc1)C(=O)OCC.CC.CC.CNc1cc(C(=O)/C=C(/c2cc(Cl)cc(Cl)c2)C(F)(F)F)ccc1Cl. The third-order valence-corrected chi connectivity index (χ3v) is 5.87. The highest BCUT2D eigenvalue weighted by Gasteiger charge is 2.35. The summed E-state index contributed by atoms with van der Waals surface area (Å²) >= 11 is 17.4. The van der Waals surface area contributed by atoms with Crippen molar-refractivity contribution < 1.29 is 27.5 Å². The minimum absolute atomic E-state index is 0.0362. The van der Waals surface area contributed by atoms with Gasteiger partial charge in [0.2, 0.25) is 0 Å². The Morgan fingerprint density at radius 1 is 0.884 bits per heavy atom. The van der Waals surface area contributed by atoms with Crippen LogP contribution in [0.25, 0.3) is 5.57 Å². The van der Waals surface area contributed by atoms with Gasteiger partial charge in [-0.05, 0) is 60.5 Å². The zero-order valence-corrected chi connectivity index (χ0v) is 27.3. The van der Waals surface area contributed by atoms with Crippen LogP contribution >= 0.6 is 34.8 Å². The van der Waals surface area contributed by atoms with Gasteiger partial charge in [0.25, 0.3) is 0 Å². The zero-order chi connectivity index (χ0) is 33.2. The Hall–Kier alpha value is -3.26. The number of carbonyl (C=O) groups excluding carboxylic acids is 2. The molecule has 0 atom stereocenters. The summed E-state index contributed by atoms with van der Waals surface area (Å²) in [7, 11) is 1.58. The average Bonchev–Trinajstić information content (AvgIpc) is 2.98. The van der Waals surface area contributed by atoms with Gasteiger partial charge in [-0.15, -0.1) is 0 Å². The van der Waals surface area contributed by atoms with Crippen molar-refractivity contribution in [2.45, 2.75) is 47.2 Å². The minimum Gasteiger partial charge on any atom is -0.463 e. The van der Waals surface area contributed by atoms with Crippen LogP contribution in [0.4, 0.5) is 18.9 Å². The average molecular weight is 659 g/mol. The number of alkyl halides is 3. The van der Waals surface area contributed by atoms with Crippen molar-refractivity contribution in [1.29, 1.82) is 0 Å². The molecule has 0 aromatic heterocycles. The van der Waals surface area contributed by atoms with Crippen LogP contribution in [-0.2, 0) is 16.0 Å². The molecule has 1 N–H and O–H groups in total. The van der Waals surface area contributed by atoms with Crippen molar-refractivity contribution in [2.75, 3.05) is 19.0 Å². The van der Waals surface area contributed by atoms with Crippen LogP contribution in [0.5, 0.6) is 0 Å². The molecule has 234 valence electrons. The molecule has 0 aliphatic carbocycles. The number of ketones is 1. The van der Waals surface area contributed by atoms with E-state index in [-0.39, 0.29) is 27.1 Å². The highest BCUT2D eigenvalue weighted by molar-refractivity contribution is 6.35. The van der Waals surface area contributed by atoms with Crippen molar-refractivity contribution in [1.82, 2.24) is 0 Å². The van der Waals surface area contributed by atoms with Crippen molar-refractivity contribution >= 4 is 57.8 Å². The predicted octanol–water partition coefficient (Wildman–Crippen LogP) is 10.9. The van der Waals surface area contributed by atoms with Gasteiger partial charge in [0.15, 0.2) is 5.78 Å². The lowest BCUT2D eigenvalue weighted by atomic mass is 10.0. The topological polar surface area (TPSA) is 55.4 Å². The summed E-state index contributed by atoms with van der Waals surface area (Å²) in [5, 5.41) is 3.18. The molecule has 0 aliphatic rings. The first-order valence-electron chi connectivity index (χ1n) is 13.5. The minimum atomic E-state index is -4.76. The van der Waals surface area contributed by atoms with E-state index in [2.05, 4.69) is 11.9 Å². The van der Waals surface area contributed by atoms with Crippen molar-refractivity contribution in [3.8, 4) is 0 Å². The van der Waals surface area contributed by atoms with Gasteiger partial charge >= 0.3 is 12.1 Å². The molecule has 0 unspecified atom stereocenters. The number of nitrogens with one attached hydrogen (secondary N) is 1. The van der Waals surface area contributed by atoms with E-state index in [0.717, 1.165) is 17.7 Å². The monoisotopic (exact) mass is 657 g/mol. The van der Waals surface area contributed by atoms with Gasteiger partial charge < -0.3 is 10.1 Å². The van der Waals surface area contributed by atoms with E-state index in [1.165, 1.54) is 24.3 Å². The van der Waals surface area contributed by atoms with Crippen LogP contribution in [0.15, 0.2) is 85.0 Å². The van der Waals surface area contributed by atoms with Crippen LogP contribution in [0, 0.1) is 0 Å². The summed E-state index contributed by atoms with van der Waals surface area (Å²) in [4.78, 5) is 23.5. The molecular formula is C33H37Cl3F3NO3. The van der Waals surface area contributed by atoms with Gasteiger partial charge in [-0.1, -0.05) is 99.4 Å². The summed E-state index contributed by atoms with van der Waals surface area (Å²) in [6.45, 7) is 13.9. The number of anilines is 1. The predicted molar refractivity (Wildman–Crippen MR) is 174 cm³/mol. The Labute approximate surface area is 267 Å². The van der Waals surface area contributed by atoms with Gasteiger partial charge in [-0.25, -0.2) is 4.79 Å². The molecule has 0 aliphatic heterocycles. The number of carbonyl (C=O) groups is 2. The molecule has 3 aromatic carbocycles. The summed E-state index contributed by atoms with van der Waals surface area (Å²) < 4.78 is 45.1. The quantitative estimate of drug-likeness (QED) is 0.149. The lowest BCUT2D eigenvalue weighted by Gasteiger charge is -2.13. The maximum Gasteiger partial charge on any atom is 0.417 e. The van der Waals surface area contributed by atoms with Gasteiger partial charge in [0, 0.05) is 34.7 Å². The lowest BCUT2D eigenvalue weighted by molar-refractivity contribution is -0.138. The maximum atomic E-state index is 13.4. The van der Waals surface area contributed by atoms with E-state index in [4.69, 9.17) is 39.5 Å². The van der Waals surface area contributed by atoms with E-state index in [9.17, 15) is 22.8 Å². The van der Waals surface area contributed by atoms with Gasteiger partial charge in [-0.3, -0.25) is 4.79 Å². The Morgan fingerprint density at radius 3 is 1.93 bits per heavy atom. The number of benzene rings is 3. The Morgan fingerprint density at radius 2 is 1.44 bits per heavy atom. The number of halogens is 6. The van der Waals surface area contributed by atoms with Crippen LogP contribution in [-0.4, -0.2) is 31.6 Å². The first kappa shape index (κ1) is 39.7. The van der Waals surface area contributed by atoms with E-state index < -0.39 is 17.5 Å². The second kappa shape index (κ2) is 20.6. The third-order valence-electron chi connectivity index (χ3n) is 5.10. The van der Waals surface area contributed by atoms with E-state index in [0.29, 0.717) is 35.4 Å². The van der Waals surface area contributed by atoms with Crippen molar-refractivity contribution in [3.05, 3.63) is 117 Å². The molecule has 0 radical (unpaired) electrons. The third kappa shape index (κ3) is 14.2. The zero-order valence-electron chi connectivity index (χ0n) is 25.0.